The van der Waals surface area contributed by atoms with Crippen LogP contribution in [0.2, 0.25) is 0 Å². The SMILES string of the molecule is COC[C@@H](C)N(C(=O)C(F)(F)F)c1cc(Br)ccc1C(=O)O. The summed E-state index contributed by atoms with van der Waals surface area (Å²) in [5, 5.41) is 9.14. The molecule has 122 valence electrons. The lowest BCUT2D eigenvalue weighted by Crippen LogP contribution is -2.48. The summed E-state index contributed by atoms with van der Waals surface area (Å²) in [5.74, 6) is -3.59. The number of carbonyl (C=O) groups is 2. The highest BCUT2D eigenvalue weighted by Gasteiger charge is 2.45. The number of nitrogens with zero attached hydrogens (tertiary/aromatic N) is 1. The van der Waals surface area contributed by atoms with E-state index in [0.29, 0.717) is 9.37 Å². The third-order valence-electron chi connectivity index (χ3n) is 2.76. The van der Waals surface area contributed by atoms with Gasteiger partial charge in [-0.2, -0.15) is 13.2 Å². The number of aromatic carboxylic acids is 1. The van der Waals surface area contributed by atoms with Gasteiger partial charge in [0.05, 0.1) is 23.9 Å². The van der Waals surface area contributed by atoms with Crippen molar-refractivity contribution in [3.8, 4) is 0 Å². The summed E-state index contributed by atoms with van der Waals surface area (Å²) in [4.78, 5) is 23.3. The van der Waals surface area contributed by atoms with E-state index >= 15 is 0 Å². The maximum atomic E-state index is 12.8. The van der Waals surface area contributed by atoms with E-state index in [9.17, 15) is 22.8 Å². The van der Waals surface area contributed by atoms with Crippen LogP contribution in [0.5, 0.6) is 0 Å². The van der Waals surface area contributed by atoms with E-state index in [1.54, 1.807) is 0 Å². The molecule has 0 aliphatic heterocycles. The van der Waals surface area contributed by atoms with Crippen molar-refractivity contribution in [1.82, 2.24) is 0 Å². The Morgan fingerprint density at radius 1 is 1.41 bits per heavy atom. The minimum atomic E-state index is -5.14. The molecule has 1 aromatic rings. The molecule has 1 aromatic carbocycles. The first-order valence-corrected chi connectivity index (χ1v) is 6.81. The average molecular weight is 384 g/mol. The number of rotatable bonds is 5. The van der Waals surface area contributed by atoms with Gasteiger partial charge in [-0.05, 0) is 25.1 Å². The predicted octanol–water partition coefficient (Wildman–Crippen LogP) is 3.08. The van der Waals surface area contributed by atoms with Crippen LogP contribution in [0, 0.1) is 0 Å². The molecule has 22 heavy (non-hydrogen) atoms. The second kappa shape index (κ2) is 7.10. The average Bonchev–Trinajstić information content (AvgIpc) is 2.37. The van der Waals surface area contributed by atoms with E-state index in [-0.39, 0.29) is 12.3 Å². The summed E-state index contributed by atoms with van der Waals surface area (Å²) in [6.07, 6.45) is -5.14. The Morgan fingerprint density at radius 2 is 2.00 bits per heavy atom. The molecule has 1 rings (SSSR count). The lowest BCUT2D eigenvalue weighted by Gasteiger charge is -2.30. The van der Waals surface area contributed by atoms with Gasteiger partial charge in [0.15, 0.2) is 0 Å². The summed E-state index contributed by atoms with van der Waals surface area (Å²) >= 11 is 3.06. The highest BCUT2D eigenvalue weighted by Crippen LogP contribution is 2.31. The third kappa shape index (κ3) is 4.20. The fourth-order valence-electron chi connectivity index (χ4n) is 1.88. The van der Waals surface area contributed by atoms with Gasteiger partial charge in [-0.15, -0.1) is 0 Å². The molecule has 0 aliphatic rings. The molecule has 1 N–H and O–H groups in total. The number of alkyl halides is 3. The molecule has 0 saturated carbocycles. The topological polar surface area (TPSA) is 66.8 Å². The summed E-state index contributed by atoms with van der Waals surface area (Å²) in [5.41, 5.74) is -0.766. The van der Waals surface area contributed by atoms with E-state index in [1.165, 1.54) is 20.1 Å². The zero-order valence-corrected chi connectivity index (χ0v) is 13.2. The maximum Gasteiger partial charge on any atom is 0.471 e. The number of carboxylic acids is 1. The Kier molecular flexibility index (Phi) is 5.95. The van der Waals surface area contributed by atoms with Crippen molar-refractivity contribution >= 4 is 33.5 Å². The number of anilines is 1. The highest BCUT2D eigenvalue weighted by atomic mass is 79.9. The summed E-state index contributed by atoms with van der Waals surface area (Å²) < 4.78 is 43.6. The second-order valence-electron chi connectivity index (χ2n) is 4.44. The number of benzene rings is 1. The van der Waals surface area contributed by atoms with Crippen molar-refractivity contribution in [3.63, 3.8) is 0 Å². The van der Waals surface area contributed by atoms with Crippen molar-refractivity contribution in [2.24, 2.45) is 0 Å². The van der Waals surface area contributed by atoms with Crippen molar-refractivity contribution in [2.75, 3.05) is 18.6 Å². The number of carbonyl (C=O) groups excluding carboxylic acids is 1. The van der Waals surface area contributed by atoms with Crippen LogP contribution < -0.4 is 4.90 Å². The normalized spacial score (nSPS) is 12.8. The van der Waals surface area contributed by atoms with Gasteiger partial charge < -0.3 is 9.84 Å². The molecule has 0 radical (unpaired) electrons. The predicted molar refractivity (Wildman–Crippen MR) is 76.0 cm³/mol. The molecule has 0 spiro atoms. The first kappa shape index (κ1) is 18.4. The van der Waals surface area contributed by atoms with Gasteiger partial charge in [0.1, 0.15) is 0 Å². The Bertz CT molecular complexity index is 577. The number of amides is 1. The van der Waals surface area contributed by atoms with Crippen molar-refractivity contribution in [2.45, 2.75) is 19.1 Å². The number of halogens is 4. The Balaban J connectivity index is 3.48. The van der Waals surface area contributed by atoms with Crippen molar-refractivity contribution in [3.05, 3.63) is 28.2 Å². The van der Waals surface area contributed by atoms with Crippen LogP contribution in [0.1, 0.15) is 17.3 Å². The van der Waals surface area contributed by atoms with Gasteiger partial charge in [0, 0.05) is 11.6 Å². The van der Waals surface area contributed by atoms with Gasteiger partial charge in [-0.3, -0.25) is 9.69 Å². The van der Waals surface area contributed by atoms with Crippen LogP contribution in [0.15, 0.2) is 22.7 Å². The van der Waals surface area contributed by atoms with E-state index in [0.717, 1.165) is 12.1 Å². The molecule has 0 aromatic heterocycles. The minimum absolute atomic E-state index is 0.187. The van der Waals surface area contributed by atoms with Crippen LogP contribution in [-0.2, 0) is 9.53 Å². The molecule has 5 nitrogen and oxygen atoms in total. The first-order chi connectivity index (χ1) is 10.1. The van der Waals surface area contributed by atoms with Gasteiger partial charge >= 0.3 is 18.1 Å². The fourth-order valence-corrected chi connectivity index (χ4v) is 2.23. The standard InChI is InChI=1S/C13H13BrF3NO4/c1-7(6-22-2)18(12(21)13(15,16)17)10-5-8(14)3-4-9(10)11(19)20/h3-5,7H,6H2,1-2H3,(H,19,20)/t7-/m1/s1. The third-order valence-corrected chi connectivity index (χ3v) is 3.25. The number of hydrogen-bond acceptors (Lipinski definition) is 3. The molecule has 1 amide bonds. The van der Waals surface area contributed by atoms with Crippen LogP contribution in [0.25, 0.3) is 0 Å². The van der Waals surface area contributed by atoms with Gasteiger partial charge in [0.2, 0.25) is 0 Å². The molecule has 0 bridgehead atoms. The van der Waals surface area contributed by atoms with E-state index < -0.39 is 29.7 Å². The van der Waals surface area contributed by atoms with Crippen LogP contribution >= 0.6 is 15.9 Å². The number of methoxy groups -OCH3 is 1. The number of ether oxygens (including phenoxy) is 1. The Morgan fingerprint density at radius 3 is 2.45 bits per heavy atom. The van der Waals surface area contributed by atoms with E-state index in [2.05, 4.69) is 15.9 Å². The lowest BCUT2D eigenvalue weighted by atomic mass is 10.1. The summed E-state index contributed by atoms with van der Waals surface area (Å²) in [6.45, 7) is 1.15. The lowest BCUT2D eigenvalue weighted by molar-refractivity contribution is -0.171. The van der Waals surface area contributed by atoms with E-state index in [1.807, 2.05) is 0 Å². The van der Waals surface area contributed by atoms with Gasteiger partial charge in [-0.25, -0.2) is 4.79 Å². The van der Waals surface area contributed by atoms with Gasteiger partial charge in [-0.1, -0.05) is 15.9 Å². The fraction of sp³-hybridized carbons (Fsp3) is 0.385. The highest BCUT2D eigenvalue weighted by molar-refractivity contribution is 9.10. The zero-order valence-electron chi connectivity index (χ0n) is 11.6. The van der Waals surface area contributed by atoms with Crippen molar-refractivity contribution < 1.29 is 32.6 Å². The van der Waals surface area contributed by atoms with Crippen LogP contribution in [0.4, 0.5) is 18.9 Å². The van der Waals surface area contributed by atoms with E-state index in [4.69, 9.17) is 9.84 Å². The summed E-state index contributed by atoms with van der Waals surface area (Å²) in [7, 11) is 1.27. The first-order valence-electron chi connectivity index (χ1n) is 6.01. The minimum Gasteiger partial charge on any atom is -0.478 e. The Labute approximate surface area is 132 Å². The molecule has 0 heterocycles. The molecular weight excluding hydrogens is 371 g/mol. The maximum absolute atomic E-state index is 12.8. The Hall–Kier alpha value is -1.61. The smallest absolute Gasteiger partial charge is 0.471 e. The molecule has 9 heteroatoms. The summed E-state index contributed by atoms with van der Waals surface area (Å²) in [6, 6.07) is 2.63. The molecule has 0 aliphatic carbocycles. The zero-order chi connectivity index (χ0) is 17.1. The molecule has 0 fully saturated rings. The number of carboxylic acid groups (broad SMARTS) is 1. The monoisotopic (exact) mass is 383 g/mol. The van der Waals surface area contributed by atoms with Crippen molar-refractivity contribution in [1.29, 1.82) is 0 Å². The molecular formula is C13H13BrF3NO4. The van der Waals surface area contributed by atoms with Crippen LogP contribution in [0.3, 0.4) is 0 Å². The largest absolute Gasteiger partial charge is 0.478 e. The molecule has 0 unspecified atom stereocenters. The molecule has 1 atom stereocenters. The number of hydrogen-bond donors (Lipinski definition) is 1. The second-order valence-corrected chi connectivity index (χ2v) is 5.36. The quantitative estimate of drug-likeness (QED) is 0.848. The molecule has 0 saturated heterocycles. The van der Waals surface area contributed by atoms with Gasteiger partial charge in [0.25, 0.3) is 0 Å². The van der Waals surface area contributed by atoms with Crippen LogP contribution in [-0.4, -0.2) is 42.9 Å².